The van der Waals surface area contributed by atoms with Crippen molar-refractivity contribution < 1.29 is 14.0 Å². The first-order valence-electron chi connectivity index (χ1n) is 10.7. The fourth-order valence-electron chi connectivity index (χ4n) is 4.44. The van der Waals surface area contributed by atoms with Crippen LogP contribution in [0.1, 0.15) is 47.8 Å². The van der Waals surface area contributed by atoms with Crippen LogP contribution in [0.4, 0.5) is 0 Å². The number of nitrogens with one attached hydrogen (secondary N) is 1. The summed E-state index contributed by atoms with van der Waals surface area (Å²) in [6.07, 6.45) is 5.66. The van der Waals surface area contributed by atoms with E-state index in [1.807, 2.05) is 12.1 Å². The van der Waals surface area contributed by atoms with Crippen molar-refractivity contribution >= 4 is 23.4 Å². The minimum absolute atomic E-state index is 0.0133. The van der Waals surface area contributed by atoms with Gasteiger partial charge in [-0.1, -0.05) is 11.6 Å². The van der Waals surface area contributed by atoms with Crippen LogP contribution in [-0.2, 0) is 4.79 Å². The van der Waals surface area contributed by atoms with E-state index in [1.165, 1.54) is 12.8 Å². The third-order valence-corrected chi connectivity index (χ3v) is 6.35. The summed E-state index contributed by atoms with van der Waals surface area (Å²) in [5, 5.41) is 3.73. The first-order chi connectivity index (χ1) is 14.6. The molecule has 1 aromatic heterocycles. The van der Waals surface area contributed by atoms with Gasteiger partial charge in [-0.05, 0) is 75.2 Å². The molecule has 30 heavy (non-hydrogen) atoms. The van der Waals surface area contributed by atoms with Gasteiger partial charge in [-0.25, -0.2) is 0 Å². The number of benzene rings is 1. The van der Waals surface area contributed by atoms with Crippen LogP contribution in [0.5, 0.6) is 0 Å². The highest BCUT2D eigenvalue weighted by molar-refractivity contribution is 6.30. The quantitative estimate of drug-likeness (QED) is 0.759. The molecule has 0 radical (unpaired) electrons. The Labute approximate surface area is 182 Å². The van der Waals surface area contributed by atoms with E-state index in [4.69, 9.17) is 16.0 Å². The molecule has 2 amide bonds. The number of nitrogens with zero attached hydrogens (tertiary/aromatic N) is 2. The lowest BCUT2D eigenvalue weighted by atomic mass is 9.96. The lowest BCUT2D eigenvalue weighted by Crippen LogP contribution is -2.47. The molecule has 2 aromatic rings. The molecule has 0 unspecified atom stereocenters. The third kappa shape index (κ3) is 4.87. The summed E-state index contributed by atoms with van der Waals surface area (Å²) in [5.74, 6) is 0.667. The van der Waals surface area contributed by atoms with Crippen molar-refractivity contribution in [3.63, 3.8) is 0 Å². The monoisotopic (exact) mass is 429 g/mol. The SMILES string of the molecule is O=C(NC[C@H](c1ccco1)N1CCCC1)[C@H]1CCCN(C(=O)c2ccc(Cl)cc2)C1. The second-order valence-electron chi connectivity index (χ2n) is 8.12. The predicted octanol–water partition coefficient (Wildman–Crippen LogP) is 3.74. The number of halogens is 1. The zero-order chi connectivity index (χ0) is 20.9. The Morgan fingerprint density at radius 1 is 1.10 bits per heavy atom. The topological polar surface area (TPSA) is 65.8 Å². The predicted molar refractivity (Wildman–Crippen MR) is 115 cm³/mol. The maximum absolute atomic E-state index is 12.9. The Kier molecular flexibility index (Phi) is 6.75. The highest BCUT2D eigenvalue weighted by atomic mass is 35.5. The van der Waals surface area contributed by atoms with Gasteiger partial charge in [0.2, 0.25) is 5.91 Å². The zero-order valence-corrected chi connectivity index (χ0v) is 17.8. The Morgan fingerprint density at radius 3 is 2.57 bits per heavy atom. The molecule has 160 valence electrons. The van der Waals surface area contributed by atoms with E-state index >= 15 is 0 Å². The number of carbonyl (C=O) groups excluding carboxylic acids is 2. The highest BCUT2D eigenvalue weighted by Crippen LogP contribution is 2.25. The summed E-state index contributed by atoms with van der Waals surface area (Å²) < 4.78 is 5.64. The number of rotatable bonds is 6. The van der Waals surface area contributed by atoms with Gasteiger partial charge in [-0.3, -0.25) is 14.5 Å². The van der Waals surface area contributed by atoms with Crippen LogP contribution in [0.2, 0.25) is 5.02 Å². The van der Waals surface area contributed by atoms with Gasteiger partial charge >= 0.3 is 0 Å². The molecule has 1 aromatic carbocycles. The summed E-state index contributed by atoms with van der Waals surface area (Å²) in [6.45, 7) is 3.69. The lowest BCUT2D eigenvalue weighted by molar-refractivity contribution is -0.126. The molecule has 3 heterocycles. The molecule has 0 saturated carbocycles. The molecule has 7 heteroatoms. The van der Waals surface area contributed by atoms with Crippen molar-refractivity contribution in [3.05, 3.63) is 59.0 Å². The fourth-order valence-corrected chi connectivity index (χ4v) is 4.56. The van der Waals surface area contributed by atoms with Gasteiger partial charge < -0.3 is 14.6 Å². The van der Waals surface area contributed by atoms with E-state index < -0.39 is 0 Å². The summed E-state index contributed by atoms with van der Waals surface area (Å²) in [5.41, 5.74) is 0.604. The first kappa shape index (κ1) is 20.9. The number of amides is 2. The Balaban J connectivity index is 1.35. The molecule has 0 bridgehead atoms. The zero-order valence-electron chi connectivity index (χ0n) is 17.1. The van der Waals surface area contributed by atoms with Gasteiger partial charge in [0.25, 0.3) is 5.91 Å². The van der Waals surface area contributed by atoms with Crippen molar-refractivity contribution in [1.29, 1.82) is 0 Å². The number of furan rings is 1. The minimum Gasteiger partial charge on any atom is -0.468 e. The van der Waals surface area contributed by atoms with Gasteiger partial charge in [-0.15, -0.1) is 0 Å². The van der Waals surface area contributed by atoms with E-state index in [0.717, 1.165) is 31.7 Å². The second kappa shape index (κ2) is 9.67. The Hall–Kier alpha value is -2.31. The number of likely N-dealkylation sites (tertiary alicyclic amines) is 2. The van der Waals surface area contributed by atoms with Crippen LogP contribution in [-0.4, -0.2) is 54.3 Å². The molecule has 2 aliphatic heterocycles. The smallest absolute Gasteiger partial charge is 0.253 e. The second-order valence-corrected chi connectivity index (χ2v) is 8.55. The minimum atomic E-state index is -0.189. The van der Waals surface area contributed by atoms with Crippen LogP contribution in [0, 0.1) is 5.92 Å². The van der Waals surface area contributed by atoms with Crippen LogP contribution in [0.15, 0.2) is 47.1 Å². The van der Waals surface area contributed by atoms with Crippen molar-refractivity contribution in [3.8, 4) is 0 Å². The molecule has 2 atom stereocenters. The van der Waals surface area contributed by atoms with E-state index in [9.17, 15) is 9.59 Å². The number of piperidine rings is 1. The largest absolute Gasteiger partial charge is 0.468 e. The molecule has 2 aliphatic rings. The average molecular weight is 430 g/mol. The molecule has 2 saturated heterocycles. The molecule has 2 fully saturated rings. The molecule has 4 rings (SSSR count). The normalized spacial score (nSPS) is 20.8. The maximum atomic E-state index is 12.9. The standard InChI is InChI=1S/C23H28ClN3O3/c24-19-9-7-17(8-10-19)23(29)27-13-3-5-18(16-27)22(28)25-15-20(21-6-4-14-30-21)26-11-1-2-12-26/h4,6-10,14,18,20H,1-3,5,11-13,15-16H2,(H,25,28)/t18-,20+/m0/s1. The third-order valence-electron chi connectivity index (χ3n) is 6.09. The summed E-state index contributed by atoms with van der Waals surface area (Å²) in [4.78, 5) is 29.9. The van der Waals surface area contributed by atoms with Crippen molar-refractivity contribution in [2.75, 3.05) is 32.7 Å². The van der Waals surface area contributed by atoms with Crippen LogP contribution in [0.25, 0.3) is 0 Å². The molecule has 6 nitrogen and oxygen atoms in total. The van der Waals surface area contributed by atoms with Crippen LogP contribution in [0.3, 0.4) is 0 Å². The van der Waals surface area contributed by atoms with Crippen molar-refractivity contribution in [2.45, 2.75) is 31.7 Å². The van der Waals surface area contributed by atoms with E-state index in [-0.39, 0.29) is 23.8 Å². The average Bonchev–Trinajstić information content (AvgIpc) is 3.49. The van der Waals surface area contributed by atoms with Crippen molar-refractivity contribution in [1.82, 2.24) is 15.1 Å². The summed E-state index contributed by atoms with van der Waals surface area (Å²) >= 11 is 5.92. The molecular weight excluding hydrogens is 402 g/mol. The van der Waals surface area contributed by atoms with Gasteiger partial charge in [0, 0.05) is 30.2 Å². The molecule has 1 N–H and O–H groups in total. The number of hydrogen-bond donors (Lipinski definition) is 1. The fraction of sp³-hybridized carbons (Fsp3) is 0.478. The van der Waals surface area contributed by atoms with Gasteiger partial charge in [0.05, 0.1) is 18.2 Å². The maximum Gasteiger partial charge on any atom is 0.253 e. The van der Waals surface area contributed by atoms with Crippen LogP contribution >= 0.6 is 11.6 Å². The van der Waals surface area contributed by atoms with E-state index in [1.54, 1.807) is 35.4 Å². The van der Waals surface area contributed by atoms with Gasteiger partial charge in [-0.2, -0.15) is 0 Å². The lowest BCUT2D eigenvalue weighted by Gasteiger charge is -2.33. The Bertz CT molecular complexity index is 847. The van der Waals surface area contributed by atoms with E-state index in [0.29, 0.717) is 30.2 Å². The number of hydrogen-bond acceptors (Lipinski definition) is 4. The first-order valence-corrected chi connectivity index (χ1v) is 11.1. The summed E-state index contributed by atoms with van der Waals surface area (Å²) in [7, 11) is 0. The Morgan fingerprint density at radius 2 is 1.87 bits per heavy atom. The highest BCUT2D eigenvalue weighted by Gasteiger charge is 2.31. The molecular formula is C23H28ClN3O3. The van der Waals surface area contributed by atoms with Crippen molar-refractivity contribution in [2.24, 2.45) is 5.92 Å². The summed E-state index contributed by atoms with van der Waals surface area (Å²) in [6, 6.07) is 10.8. The van der Waals surface area contributed by atoms with Crippen LogP contribution < -0.4 is 5.32 Å². The van der Waals surface area contributed by atoms with Gasteiger partial charge in [0.1, 0.15) is 5.76 Å². The van der Waals surface area contributed by atoms with Gasteiger partial charge in [0.15, 0.2) is 0 Å². The van der Waals surface area contributed by atoms with E-state index in [2.05, 4.69) is 10.2 Å². The molecule has 0 aliphatic carbocycles. The molecule has 0 spiro atoms. The number of carbonyl (C=O) groups is 2.